The Morgan fingerprint density at radius 1 is 0.951 bits per heavy atom. The maximum absolute atomic E-state index is 13.8. The van der Waals surface area contributed by atoms with Gasteiger partial charge in [0, 0.05) is 47.6 Å². The lowest BCUT2D eigenvalue weighted by Crippen LogP contribution is -2.60. The van der Waals surface area contributed by atoms with Crippen LogP contribution in [0.3, 0.4) is 0 Å². The second kappa shape index (κ2) is 10.5. The summed E-state index contributed by atoms with van der Waals surface area (Å²) in [5.41, 5.74) is 2.64. The number of H-pyrrole nitrogens is 1. The molecule has 2 aromatic heterocycles. The standard InChI is InChI=1S/C34H38N4O3/c1-34(19-26-20-36-30-9-5-3-7-28(26)30,32(39)35-13-12-27-11-10-23-6-2-4-8-29(23)37-27)38-33(40)41-31-24-15-21-14-22(17-24)18-25(31)16-21/h2-11,20-22,24-25,31,36H,12-19H2,1H3,(H,35,39)(H,38,40). The lowest BCUT2D eigenvalue weighted by atomic mass is 9.55. The van der Waals surface area contributed by atoms with Crippen molar-refractivity contribution in [3.8, 4) is 0 Å². The van der Waals surface area contributed by atoms with Gasteiger partial charge in [-0.1, -0.05) is 42.5 Å². The van der Waals surface area contributed by atoms with Crippen molar-refractivity contribution < 1.29 is 14.3 Å². The van der Waals surface area contributed by atoms with E-state index in [2.05, 4.69) is 21.7 Å². The van der Waals surface area contributed by atoms with Crippen molar-refractivity contribution >= 4 is 33.8 Å². The van der Waals surface area contributed by atoms with Gasteiger partial charge in [-0.3, -0.25) is 9.78 Å². The van der Waals surface area contributed by atoms with Crippen LogP contribution in [0.2, 0.25) is 0 Å². The molecule has 4 saturated carbocycles. The Bertz CT molecular complexity index is 1570. The number of alkyl carbamates (subject to hydrolysis) is 1. The molecule has 8 rings (SSSR count). The molecule has 1 atom stereocenters. The number of para-hydroxylation sites is 2. The van der Waals surface area contributed by atoms with E-state index in [1.54, 1.807) is 6.92 Å². The predicted octanol–water partition coefficient (Wildman–Crippen LogP) is 5.93. The highest BCUT2D eigenvalue weighted by atomic mass is 16.6. The molecule has 4 aromatic rings. The normalized spacial score (nSPS) is 26.1. The van der Waals surface area contributed by atoms with Gasteiger partial charge in [0.1, 0.15) is 11.6 Å². The fraction of sp³-hybridized carbons (Fsp3) is 0.441. The first kappa shape index (κ1) is 26.1. The maximum Gasteiger partial charge on any atom is 0.408 e. The van der Waals surface area contributed by atoms with E-state index in [1.165, 1.54) is 32.1 Å². The fourth-order valence-corrected chi connectivity index (χ4v) is 8.03. The SMILES string of the molecule is CC(Cc1c[nH]c2ccccc12)(NC(=O)OC1C2CC3CC(C2)CC1C3)C(=O)NCCc1ccc2ccccc2n1. The Morgan fingerprint density at radius 2 is 1.68 bits per heavy atom. The number of ether oxygens (including phenoxy) is 1. The number of hydrogen-bond acceptors (Lipinski definition) is 4. The van der Waals surface area contributed by atoms with Gasteiger partial charge in [0.15, 0.2) is 0 Å². The molecule has 0 aliphatic heterocycles. The number of rotatable bonds is 8. The summed E-state index contributed by atoms with van der Waals surface area (Å²) < 4.78 is 6.15. The van der Waals surface area contributed by atoms with E-state index < -0.39 is 11.6 Å². The molecule has 1 unspecified atom stereocenters. The molecular weight excluding hydrogens is 512 g/mol. The van der Waals surface area contributed by atoms with E-state index in [-0.39, 0.29) is 12.0 Å². The molecule has 4 aliphatic rings. The first-order valence-electron chi connectivity index (χ1n) is 15.1. The third kappa shape index (κ3) is 5.18. The second-order valence-corrected chi connectivity index (χ2v) is 12.8. The zero-order valence-corrected chi connectivity index (χ0v) is 23.6. The number of carbonyl (C=O) groups is 2. The van der Waals surface area contributed by atoms with Crippen LogP contribution in [0, 0.1) is 23.7 Å². The van der Waals surface area contributed by atoms with Gasteiger partial charge in [0.25, 0.3) is 0 Å². The Balaban J connectivity index is 1.06. The van der Waals surface area contributed by atoms with Crippen LogP contribution >= 0.6 is 0 Å². The number of aromatic amines is 1. The molecule has 0 radical (unpaired) electrons. The molecular formula is C34H38N4O3. The maximum atomic E-state index is 13.8. The number of fused-ring (bicyclic) bond motifs is 2. The monoisotopic (exact) mass is 550 g/mol. The largest absolute Gasteiger partial charge is 0.446 e. The minimum atomic E-state index is -1.19. The van der Waals surface area contributed by atoms with Gasteiger partial charge >= 0.3 is 6.09 Å². The van der Waals surface area contributed by atoms with Crippen LogP contribution in [0.25, 0.3) is 21.8 Å². The van der Waals surface area contributed by atoms with Crippen LogP contribution < -0.4 is 10.6 Å². The number of amides is 2. The molecule has 4 aliphatic carbocycles. The first-order valence-corrected chi connectivity index (χ1v) is 15.1. The van der Waals surface area contributed by atoms with Crippen molar-refractivity contribution in [3.05, 3.63) is 78.1 Å². The summed E-state index contributed by atoms with van der Waals surface area (Å²) in [4.78, 5) is 35.3. The predicted molar refractivity (Wildman–Crippen MR) is 159 cm³/mol. The van der Waals surface area contributed by atoms with E-state index >= 15 is 0 Å². The van der Waals surface area contributed by atoms with Gasteiger partial charge in [0.05, 0.1) is 5.52 Å². The lowest BCUT2D eigenvalue weighted by Gasteiger charge is -2.53. The highest BCUT2D eigenvalue weighted by Crippen LogP contribution is 2.54. The molecule has 0 saturated heterocycles. The summed E-state index contributed by atoms with van der Waals surface area (Å²) in [5, 5.41) is 8.24. The van der Waals surface area contributed by atoms with Gasteiger partial charge in [-0.15, -0.1) is 0 Å². The Hall–Kier alpha value is -3.87. The van der Waals surface area contributed by atoms with E-state index in [4.69, 9.17) is 9.72 Å². The van der Waals surface area contributed by atoms with Gasteiger partial charge in [-0.05, 0) is 86.5 Å². The second-order valence-electron chi connectivity index (χ2n) is 12.8. The highest BCUT2D eigenvalue weighted by molar-refractivity contribution is 5.91. The number of hydrogen-bond donors (Lipinski definition) is 3. The Morgan fingerprint density at radius 3 is 2.49 bits per heavy atom. The van der Waals surface area contributed by atoms with Gasteiger partial charge in [-0.2, -0.15) is 0 Å². The topological polar surface area (TPSA) is 96.1 Å². The quantitative estimate of drug-likeness (QED) is 0.254. The number of benzene rings is 2. The number of aromatic nitrogens is 2. The van der Waals surface area contributed by atoms with E-state index in [0.29, 0.717) is 31.2 Å². The Labute approximate surface area is 240 Å². The van der Waals surface area contributed by atoms with Gasteiger partial charge in [-0.25, -0.2) is 4.79 Å². The van der Waals surface area contributed by atoms with Crippen molar-refractivity contribution in [1.82, 2.24) is 20.6 Å². The average molecular weight is 551 g/mol. The molecule has 2 amide bonds. The summed E-state index contributed by atoms with van der Waals surface area (Å²) in [5.74, 6) is 2.29. The van der Waals surface area contributed by atoms with Crippen molar-refractivity contribution in [1.29, 1.82) is 0 Å². The molecule has 2 aromatic carbocycles. The molecule has 0 spiro atoms. The zero-order chi connectivity index (χ0) is 28.0. The number of nitrogens with one attached hydrogen (secondary N) is 3. The van der Waals surface area contributed by atoms with Crippen LogP contribution in [0.15, 0.2) is 66.9 Å². The summed E-state index contributed by atoms with van der Waals surface area (Å²) >= 11 is 0. The van der Waals surface area contributed by atoms with Crippen molar-refractivity contribution in [2.45, 2.75) is 63.5 Å². The first-order chi connectivity index (χ1) is 19.9. The summed E-state index contributed by atoms with van der Waals surface area (Å²) in [6.07, 6.45) is 8.36. The third-order valence-electron chi connectivity index (χ3n) is 9.80. The van der Waals surface area contributed by atoms with E-state index in [1.807, 2.05) is 60.8 Å². The van der Waals surface area contributed by atoms with Crippen LogP contribution in [0.4, 0.5) is 4.79 Å². The minimum Gasteiger partial charge on any atom is -0.446 e. The van der Waals surface area contributed by atoms with Crippen molar-refractivity contribution in [3.63, 3.8) is 0 Å². The molecule has 2 heterocycles. The highest BCUT2D eigenvalue weighted by Gasteiger charge is 2.50. The molecule has 7 heteroatoms. The number of carbonyl (C=O) groups excluding carboxylic acids is 2. The van der Waals surface area contributed by atoms with Crippen molar-refractivity contribution in [2.24, 2.45) is 23.7 Å². The zero-order valence-electron chi connectivity index (χ0n) is 23.6. The molecule has 4 bridgehead atoms. The van der Waals surface area contributed by atoms with E-state index in [0.717, 1.165) is 44.9 Å². The van der Waals surface area contributed by atoms with Gasteiger partial charge < -0.3 is 20.4 Å². The number of nitrogens with zero attached hydrogens (tertiary/aromatic N) is 1. The van der Waals surface area contributed by atoms with Gasteiger partial charge in [0.2, 0.25) is 5.91 Å². The number of pyridine rings is 1. The molecule has 4 fully saturated rings. The average Bonchev–Trinajstić information content (AvgIpc) is 3.36. The van der Waals surface area contributed by atoms with Crippen molar-refractivity contribution in [2.75, 3.05) is 6.54 Å². The molecule has 41 heavy (non-hydrogen) atoms. The summed E-state index contributed by atoms with van der Waals surface area (Å²) in [6, 6.07) is 20.1. The minimum absolute atomic E-state index is 0.0397. The van der Waals surface area contributed by atoms with E-state index in [9.17, 15) is 9.59 Å². The third-order valence-corrected chi connectivity index (χ3v) is 9.80. The molecule has 7 nitrogen and oxygen atoms in total. The molecule has 3 N–H and O–H groups in total. The summed E-state index contributed by atoms with van der Waals surface area (Å²) in [7, 11) is 0. The van der Waals surface area contributed by atoms with Crippen LogP contribution in [-0.4, -0.2) is 40.2 Å². The lowest BCUT2D eigenvalue weighted by molar-refractivity contribution is -0.127. The smallest absolute Gasteiger partial charge is 0.408 e. The van der Waals surface area contributed by atoms with Crippen LogP contribution in [0.1, 0.15) is 50.3 Å². The van der Waals surface area contributed by atoms with Crippen LogP contribution in [-0.2, 0) is 22.4 Å². The fourth-order valence-electron chi connectivity index (χ4n) is 8.03. The Kier molecular flexibility index (Phi) is 6.68. The molecule has 212 valence electrons. The summed E-state index contributed by atoms with van der Waals surface area (Å²) in [6.45, 7) is 2.22. The van der Waals surface area contributed by atoms with Crippen LogP contribution in [0.5, 0.6) is 0 Å².